The minimum absolute atomic E-state index is 0.136. The molecule has 0 aliphatic carbocycles. The molecule has 2 amide bonds. The summed E-state index contributed by atoms with van der Waals surface area (Å²) in [5.74, 6) is -0.208. The number of anilines is 1. The van der Waals surface area contributed by atoms with E-state index in [1.54, 1.807) is 6.92 Å². The van der Waals surface area contributed by atoms with Gasteiger partial charge in [-0.2, -0.15) is 0 Å². The summed E-state index contributed by atoms with van der Waals surface area (Å²) >= 11 is 1.42. The first kappa shape index (κ1) is 24.3. The van der Waals surface area contributed by atoms with Gasteiger partial charge in [0.2, 0.25) is 11.8 Å². The number of carbonyl (C=O) groups excluding carboxylic acids is 3. The number of hydrogen-bond donors (Lipinski definition) is 2. The number of hydrogen-bond acceptors (Lipinski definition) is 7. The first-order chi connectivity index (χ1) is 15.4. The van der Waals surface area contributed by atoms with Crippen LogP contribution < -0.4 is 10.6 Å². The second kappa shape index (κ2) is 12.0. The van der Waals surface area contributed by atoms with E-state index in [4.69, 9.17) is 0 Å². The van der Waals surface area contributed by atoms with E-state index >= 15 is 0 Å². The highest BCUT2D eigenvalue weighted by Gasteiger charge is 2.24. The molecule has 1 aliphatic heterocycles. The van der Waals surface area contributed by atoms with Crippen molar-refractivity contribution < 1.29 is 14.4 Å². The van der Waals surface area contributed by atoms with E-state index in [-0.39, 0.29) is 17.6 Å². The van der Waals surface area contributed by atoms with E-state index in [2.05, 4.69) is 32.5 Å². The summed E-state index contributed by atoms with van der Waals surface area (Å²) in [4.78, 5) is 45.6. The van der Waals surface area contributed by atoms with Crippen molar-refractivity contribution in [3.8, 4) is 0 Å². The number of fused-ring (bicyclic) bond motifs is 1. The molecule has 1 aromatic heterocycles. The quantitative estimate of drug-likeness (QED) is 0.502. The van der Waals surface area contributed by atoms with Gasteiger partial charge in [0.25, 0.3) is 0 Å². The SMILES string of the molecule is CC(=O)CCCCC[C@H](NC(=O)CN1CCN(C)CC1)C(=O)Nc1nc2ccccc2s1. The van der Waals surface area contributed by atoms with Gasteiger partial charge in [0.1, 0.15) is 11.8 Å². The third-order valence-electron chi connectivity index (χ3n) is 5.66. The molecule has 0 radical (unpaired) electrons. The highest BCUT2D eigenvalue weighted by molar-refractivity contribution is 7.22. The number of para-hydroxylation sites is 1. The van der Waals surface area contributed by atoms with Gasteiger partial charge in [-0.1, -0.05) is 36.3 Å². The second-order valence-corrected chi connectivity index (χ2v) is 9.51. The van der Waals surface area contributed by atoms with Crippen LogP contribution in [0.25, 0.3) is 10.2 Å². The average Bonchev–Trinajstić information content (AvgIpc) is 3.16. The number of nitrogens with zero attached hydrogens (tertiary/aromatic N) is 3. The van der Waals surface area contributed by atoms with Crippen LogP contribution in [0.2, 0.25) is 0 Å². The molecule has 8 nitrogen and oxygen atoms in total. The number of nitrogens with one attached hydrogen (secondary N) is 2. The molecule has 32 heavy (non-hydrogen) atoms. The number of carbonyl (C=O) groups is 3. The zero-order chi connectivity index (χ0) is 22.9. The lowest BCUT2D eigenvalue weighted by Crippen LogP contribution is -2.51. The highest BCUT2D eigenvalue weighted by atomic mass is 32.1. The molecule has 2 heterocycles. The van der Waals surface area contributed by atoms with Gasteiger partial charge in [-0.15, -0.1) is 0 Å². The smallest absolute Gasteiger partial charge is 0.248 e. The van der Waals surface area contributed by atoms with Crippen LogP contribution in [0, 0.1) is 0 Å². The van der Waals surface area contributed by atoms with Crippen LogP contribution in [0.1, 0.15) is 39.0 Å². The Morgan fingerprint density at radius 2 is 1.84 bits per heavy atom. The van der Waals surface area contributed by atoms with Gasteiger partial charge in [-0.25, -0.2) is 4.98 Å². The Morgan fingerprint density at radius 1 is 1.09 bits per heavy atom. The molecule has 1 fully saturated rings. The Balaban J connectivity index is 1.57. The third kappa shape index (κ3) is 7.65. The minimum Gasteiger partial charge on any atom is -0.343 e. The van der Waals surface area contributed by atoms with E-state index in [1.807, 2.05) is 24.3 Å². The van der Waals surface area contributed by atoms with E-state index in [9.17, 15) is 14.4 Å². The highest BCUT2D eigenvalue weighted by Crippen LogP contribution is 2.25. The number of piperazine rings is 1. The third-order valence-corrected chi connectivity index (χ3v) is 6.61. The number of likely N-dealkylation sites (N-methyl/N-ethyl adjacent to an activating group) is 1. The normalized spacial score (nSPS) is 16.1. The molecular weight excluding hydrogens is 426 g/mol. The number of unbranched alkanes of at least 4 members (excludes halogenated alkanes) is 2. The molecule has 1 aromatic carbocycles. The maximum absolute atomic E-state index is 13.0. The summed E-state index contributed by atoms with van der Waals surface area (Å²) in [5.41, 5.74) is 0.840. The summed E-state index contributed by atoms with van der Waals surface area (Å²) in [7, 11) is 2.08. The molecule has 9 heteroatoms. The zero-order valence-electron chi connectivity index (χ0n) is 18.9. The predicted octanol–water partition coefficient (Wildman–Crippen LogP) is 2.51. The maximum Gasteiger partial charge on any atom is 0.248 e. The lowest BCUT2D eigenvalue weighted by atomic mass is 10.1. The van der Waals surface area contributed by atoms with E-state index in [1.165, 1.54) is 11.3 Å². The standard InChI is InChI=1S/C23H33N5O3S/c1-17(29)8-4-3-5-10-19(24-21(30)16-28-14-12-27(2)13-15-28)22(31)26-23-25-18-9-6-7-11-20(18)32-23/h6-7,9,11,19H,3-5,8,10,12-16H2,1-2H3,(H,24,30)(H,25,26,31)/t19-/m0/s1. The molecule has 0 saturated carbocycles. The van der Waals surface area contributed by atoms with Crippen molar-refractivity contribution in [1.29, 1.82) is 0 Å². The van der Waals surface area contributed by atoms with Crippen molar-refractivity contribution >= 4 is 44.3 Å². The minimum atomic E-state index is -0.626. The Hall–Kier alpha value is -2.36. The lowest BCUT2D eigenvalue weighted by molar-refractivity contribution is -0.127. The topological polar surface area (TPSA) is 94.6 Å². The van der Waals surface area contributed by atoms with Crippen LogP contribution in [0.5, 0.6) is 0 Å². The van der Waals surface area contributed by atoms with Crippen LogP contribution in [0.4, 0.5) is 5.13 Å². The van der Waals surface area contributed by atoms with Crippen LogP contribution >= 0.6 is 11.3 Å². The van der Waals surface area contributed by atoms with Crippen LogP contribution in [0.15, 0.2) is 24.3 Å². The summed E-state index contributed by atoms with van der Waals surface area (Å²) in [5, 5.41) is 6.35. The molecule has 1 aliphatic rings. The van der Waals surface area contributed by atoms with Crippen molar-refractivity contribution in [1.82, 2.24) is 20.1 Å². The number of thiazole rings is 1. The fourth-order valence-corrected chi connectivity index (χ4v) is 4.60. The lowest BCUT2D eigenvalue weighted by Gasteiger charge is -2.32. The van der Waals surface area contributed by atoms with Crippen molar-refractivity contribution in [3.63, 3.8) is 0 Å². The van der Waals surface area contributed by atoms with Crippen molar-refractivity contribution in [2.75, 3.05) is 45.1 Å². The van der Waals surface area contributed by atoms with Crippen LogP contribution in [0.3, 0.4) is 0 Å². The molecule has 2 aromatic rings. The van der Waals surface area contributed by atoms with E-state index in [0.717, 1.165) is 55.7 Å². The summed E-state index contributed by atoms with van der Waals surface area (Å²) in [6.07, 6.45) is 3.50. The predicted molar refractivity (Wildman–Crippen MR) is 128 cm³/mol. The number of ketones is 1. The van der Waals surface area contributed by atoms with Gasteiger partial charge in [-0.3, -0.25) is 14.5 Å². The molecule has 1 saturated heterocycles. The summed E-state index contributed by atoms with van der Waals surface area (Å²) < 4.78 is 1.00. The van der Waals surface area contributed by atoms with Crippen molar-refractivity contribution in [2.45, 2.75) is 45.1 Å². The fourth-order valence-electron chi connectivity index (χ4n) is 3.74. The number of Topliss-reactive ketones (excluding diaryl/α,β-unsaturated/α-hetero) is 1. The Bertz CT molecular complexity index is 890. The Labute approximate surface area is 193 Å². The summed E-state index contributed by atoms with van der Waals surface area (Å²) in [6, 6.07) is 7.10. The van der Waals surface area contributed by atoms with Crippen LogP contribution in [-0.4, -0.2) is 78.2 Å². The number of aromatic nitrogens is 1. The second-order valence-electron chi connectivity index (χ2n) is 8.48. The molecule has 1 atom stereocenters. The van der Waals surface area contributed by atoms with Gasteiger partial charge in [0.15, 0.2) is 5.13 Å². The summed E-state index contributed by atoms with van der Waals surface area (Å²) in [6.45, 7) is 5.45. The monoisotopic (exact) mass is 459 g/mol. The van der Waals surface area contributed by atoms with Gasteiger partial charge in [-0.05, 0) is 38.9 Å². The number of rotatable bonds is 11. The molecule has 2 N–H and O–H groups in total. The van der Waals surface area contributed by atoms with Crippen molar-refractivity contribution in [3.05, 3.63) is 24.3 Å². The van der Waals surface area contributed by atoms with Gasteiger partial charge in [0.05, 0.1) is 16.8 Å². The zero-order valence-corrected chi connectivity index (χ0v) is 19.7. The maximum atomic E-state index is 13.0. The number of benzene rings is 1. The molecule has 3 rings (SSSR count). The fraction of sp³-hybridized carbons (Fsp3) is 0.565. The van der Waals surface area contributed by atoms with E-state index < -0.39 is 6.04 Å². The molecular formula is C23H33N5O3S. The van der Waals surface area contributed by atoms with E-state index in [0.29, 0.717) is 24.5 Å². The largest absolute Gasteiger partial charge is 0.343 e. The number of amides is 2. The van der Waals surface area contributed by atoms with Gasteiger partial charge < -0.3 is 20.3 Å². The Kier molecular flexibility index (Phi) is 9.13. The molecule has 174 valence electrons. The molecule has 0 bridgehead atoms. The Morgan fingerprint density at radius 3 is 2.56 bits per heavy atom. The van der Waals surface area contributed by atoms with Crippen LogP contribution in [-0.2, 0) is 14.4 Å². The molecule has 0 spiro atoms. The van der Waals surface area contributed by atoms with Crippen molar-refractivity contribution in [2.24, 2.45) is 0 Å². The first-order valence-electron chi connectivity index (χ1n) is 11.3. The first-order valence-corrected chi connectivity index (χ1v) is 12.1. The van der Waals surface area contributed by atoms with Gasteiger partial charge in [0, 0.05) is 32.6 Å². The molecule has 0 unspecified atom stereocenters. The van der Waals surface area contributed by atoms with Gasteiger partial charge >= 0.3 is 0 Å². The average molecular weight is 460 g/mol.